The molecule has 2 N–H and O–H groups in total. The number of benzene rings is 1. The number of urea groups is 1. The molecule has 0 atom stereocenters. The van der Waals surface area contributed by atoms with Gasteiger partial charge in [0.25, 0.3) is 0 Å². The standard InChI is InChI=1S/C22H28N4O3S/c1-4-26(5-2)16-12-10-15(11-13-16)14-23-25-22(28)24-20-19(21(27)29-3)17-8-6-7-9-18(17)30-20/h10-14H,4-9H2,1-3H3,(H2,24,25,28). The van der Waals surface area contributed by atoms with Crippen molar-refractivity contribution in [2.24, 2.45) is 5.10 Å². The number of carbonyl (C=O) groups excluding carboxylic acids is 2. The van der Waals surface area contributed by atoms with Gasteiger partial charge in [-0.2, -0.15) is 5.10 Å². The van der Waals surface area contributed by atoms with Crippen molar-refractivity contribution in [3.63, 3.8) is 0 Å². The van der Waals surface area contributed by atoms with Gasteiger partial charge in [-0.15, -0.1) is 11.3 Å². The van der Waals surface area contributed by atoms with Gasteiger partial charge in [0.2, 0.25) is 0 Å². The number of hydrogen-bond acceptors (Lipinski definition) is 6. The Morgan fingerprint density at radius 3 is 2.53 bits per heavy atom. The van der Waals surface area contributed by atoms with Crippen LogP contribution in [0.5, 0.6) is 0 Å². The molecule has 0 saturated carbocycles. The zero-order valence-corrected chi connectivity index (χ0v) is 18.5. The number of ether oxygens (including phenoxy) is 1. The number of nitrogens with one attached hydrogen (secondary N) is 2. The van der Waals surface area contributed by atoms with Crippen molar-refractivity contribution in [2.45, 2.75) is 39.5 Å². The second-order valence-electron chi connectivity index (χ2n) is 6.99. The van der Waals surface area contributed by atoms with Crippen LogP contribution in [0.1, 0.15) is 53.1 Å². The van der Waals surface area contributed by atoms with Crippen molar-refractivity contribution in [3.05, 3.63) is 45.8 Å². The lowest BCUT2D eigenvalue weighted by molar-refractivity contribution is 0.0601. The van der Waals surface area contributed by atoms with E-state index in [-0.39, 0.29) is 0 Å². The summed E-state index contributed by atoms with van der Waals surface area (Å²) in [5.74, 6) is -0.415. The molecule has 0 saturated heterocycles. The average molecular weight is 429 g/mol. The normalized spacial score (nSPS) is 13.0. The molecule has 2 amide bonds. The van der Waals surface area contributed by atoms with Gasteiger partial charge in [-0.05, 0) is 62.8 Å². The summed E-state index contributed by atoms with van der Waals surface area (Å²) in [6.07, 6.45) is 5.48. The molecule has 2 aromatic rings. The number of aryl methyl sites for hydroxylation is 1. The third kappa shape index (κ3) is 4.99. The van der Waals surface area contributed by atoms with E-state index in [0.717, 1.165) is 60.5 Å². The Balaban J connectivity index is 1.63. The van der Waals surface area contributed by atoms with Crippen LogP contribution in [-0.2, 0) is 17.6 Å². The number of carbonyl (C=O) groups is 2. The van der Waals surface area contributed by atoms with E-state index in [0.29, 0.717) is 10.6 Å². The summed E-state index contributed by atoms with van der Waals surface area (Å²) in [5, 5.41) is 7.29. The lowest BCUT2D eigenvalue weighted by atomic mass is 9.95. The maximum atomic E-state index is 12.3. The largest absolute Gasteiger partial charge is 0.465 e. The predicted molar refractivity (Wildman–Crippen MR) is 122 cm³/mol. The van der Waals surface area contributed by atoms with Crippen molar-refractivity contribution < 1.29 is 14.3 Å². The number of fused-ring (bicyclic) bond motifs is 1. The lowest BCUT2D eigenvalue weighted by Crippen LogP contribution is -2.25. The summed E-state index contributed by atoms with van der Waals surface area (Å²) < 4.78 is 4.93. The van der Waals surface area contributed by atoms with E-state index in [4.69, 9.17) is 4.74 Å². The Bertz CT molecular complexity index is 917. The maximum absolute atomic E-state index is 12.3. The summed E-state index contributed by atoms with van der Waals surface area (Å²) in [5.41, 5.74) is 5.98. The van der Waals surface area contributed by atoms with E-state index >= 15 is 0 Å². The fourth-order valence-electron chi connectivity index (χ4n) is 3.63. The zero-order chi connectivity index (χ0) is 21.5. The van der Waals surface area contributed by atoms with Crippen molar-refractivity contribution >= 4 is 40.2 Å². The molecule has 3 rings (SSSR count). The van der Waals surface area contributed by atoms with Gasteiger partial charge < -0.3 is 9.64 Å². The highest BCUT2D eigenvalue weighted by atomic mass is 32.1. The van der Waals surface area contributed by atoms with Crippen LogP contribution < -0.4 is 15.6 Å². The Morgan fingerprint density at radius 1 is 1.17 bits per heavy atom. The minimum atomic E-state index is -0.491. The van der Waals surface area contributed by atoms with Gasteiger partial charge in [0.05, 0.1) is 18.9 Å². The van der Waals surface area contributed by atoms with Crippen LogP contribution in [0.3, 0.4) is 0 Å². The molecule has 1 aliphatic carbocycles. The summed E-state index contributed by atoms with van der Waals surface area (Å²) >= 11 is 1.44. The first-order valence-corrected chi connectivity index (χ1v) is 11.1. The molecule has 0 bridgehead atoms. The van der Waals surface area contributed by atoms with Crippen LogP contribution in [-0.4, -0.2) is 38.4 Å². The Hall–Kier alpha value is -2.87. The molecule has 160 valence electrons. The molecule has 30 heavy (non-hydrogen) atoms. The van der Waals surface area contributed by atoms with E-state index in [1.807, 2.05) is 24.3 Å². The number of methoxy groups -OCH3 is 1. The van der Waals surface area contributed by atoms with Crippen LogP contribution in [0.2, 0.25) is 0 Å². The average Bonchev–Trinajstić information content (AvgIpc) is 3.12. The topological polar surface area (TPSA) is 83.0 Å². The fourth-order valence-corrected chi connectivity index (χ4v) is 4.90. The number of thiophene rings is 1. The highest BCUT2D eigenvalue weighted by molar-refractivity contribution is 7.17. The van der Waals surface area contributed by atoms with Gasteiger partial charge in [0.15, 0.2) is 0 Å². The monoisotopic (exact) mass is 428 g/mol. The molecule has 0 spiro atoms. The molecule has 7 nitrogen and oxygen atoms in total. The highest BCUT2D eigenvalue weighted by Crippen LogP contribution is 2.38. The van der Waals surface area contributed by atoms with Gasteiger partial charge in [0.1, 0.15) is 5.00 Å². The van der Waals surface area contributed by atoms with Crippen molar-refractivity contribution in [1.29, 1.82) is 0 Å². The minimum absolute atomic E-state index is 0.415. The second kappa shape index (κ2) is 10.2. The van der Waals surface area contributed by atoms with E-state index < -0.39 is 12.0 Å². The van der Waals surface area contributed by atoms with Crippen LogP contribution in [0.4, 0.5) is 15.5 Å². The smallest absolute Gasteiger partial charge is 0.341 e. The predicted octanol–water partition coefficient (Wildman–Crippen LogP) is 4.42. The number of hydrazone groups is 1. The van der Waals surface area contributed by atoms with Gasteiger partial charge in [-0.25, -0.2) is 15.0 Å². The van der Waals surface area contributed by atoms with Crippen molar-refractivity contribution in [2.75, 3.05) is 30.4 Å². The van der Waals surface area contributed by atoms with Gasteiger partial charge in [-0.1, -0.05) is 12.1 Å². The number of rotatable bonds is 7. The minimum Gasteiger partial charge on any atom is -0.465 e. The van der Waals surface area contributed by atoms with Gasteiger partial charge in [0, 0.05) is 23.7 Å². The van der Waals surface area contributed by atoms with Crippen LogP contribution in [0.25, 0.3) is 0 Å². The summed E-state index contributed by atoms with van der Waals surface area (Å²) in [7, 11) is 1.36. The number of anilines is 2. The molecule has 1 aromatic carbocycles. The van der Waals surface area contributed by atoms with Crippen LogP contribution in [0.15, 0.2) is 29.4 Å². The summed E-state index contributed by atoms with van der Waals surface area (Å²) in [4.78, 5) is 28.0. The maximum Gasteiger partial charge on any atom is 0.341 e. The van der Waals surface area contributed by atoms with Gasteiger partial charge in [-0.3, -0.25) is 5.32 Å². The molecule has 0 fully saturated rings. The third-order valence-corrected chi connectivity index (χ3v) is 6.40. The quantitative estimate of drug-likeness (QED) is 0.389. The van der Waals surface area contributed by atoms with Crippen LogP contribution >= 0.6 is 11.3 Å². The molecule has 1 aliphatic rings. The lowest BCUT2D eigenvalue weighted by Gasteiger charge is -2.20. The zero-order valence-electron chi connectivity index (χ0n) is 17.7. The number of amides is 2. The Labute approximate surface area is 181 Å². The third-order valence-electron chi connectivity index (χ3n) is 5.19. The van der Waals surface area contributed by atoms with E-state index in [1.165, 1.54) is 18.4 Å². The van der Waals surface area contributed by atoms with Gasteiger partial charge >= 0.3 is 12.0 Å². The summed E-state index contributed by atoms with van der Waals surface area (Å²) in [6.45, 7) is 6.14. The first-order valence-electron chi connectivity index (χ1n) is 10.2. The molecule has 0 unspecified atom stereocenters. The molecule has 1 aromatic heterocycles. The molecule has 0 radical (unpaired) electrons. The second-order valence-corrected chi connectivity index (χ2v) is 8.10. The molecule has 0 aliphatic heterocycles. The van der Waals surface area contributed by atoms with E-state index in [1.54, 1.807) is 6.21 Å². The number of esters is 1. The SMILES string of the molecule is CCN(CC)c1ccc(C=NNC(=O)Nc2sc3c(c2C(=O)OC)CCCC3)cc1. The molecular formula is C22H28N4O3S. The van der Waals surface area contributed by atoms with Crippen LogP contribution in [0, 0.1) is 0 Å². The van der Waals surface area contributed by atoms with Crippen molar-refractivity contribution in [1.82, 2.24) is 5.43 Å². The molecular weight excluding hydrogens is 400 g/mol. The highest BCUT2D eigenvalue weighted by Gasteiger charge is 2.26. The Kier molecular flexibility index (Phi) is 7.46. The number of hydrogen-bond donors (Lipinski definition) is 2. The van der Waals surface area contributed by atoms with Crippen molar-refractivity contribution in [3.8, 4) is 0 Å². The molecule has 1 heterocycles. The Morgan fingerprint density at radius 2 is 1.87 bits per heavy atom. The van der Waals surface area contributed by atoms with E-state index in [2.05, 4.69) is 34.6 Å². The van der Waals surface area contributed by atoms with E-state index in [9.17, 15) is 9.59 Å². The summed E-state index contributed by atoms with van der Waals surface area (Å²) in [6, 6.07) is 7.49. The molecule has 8 heteroatoms. The first-order chi connectivity index (χ1) is 14.6. The fraction of sp³-hybridized carbons (Fsp3) is 0.409. The first kappa shape index (κ1) is 21.8. The number of nitrogens with zero attached hydrogens (tertiary/aromatic N) is 2.